The van der Waals surface area contributed by atoms with Crippen LogP contribution in [0.3, 0.4) is 0 Å². The number of carbonyl (C=O) groups is 1. The van der Waals surface area contributed by atoms with Crippen molar-refractivity contribution in [1.82, 2.24) is 15.5 Å². The zero-order valence-electron chi connectivity index (χ0n) is 13.0. The van der Waals surface area contributed by atoms with E-state index in [9.17, 15) is 4.79 Å². The summed E-state index contributed by atoms with van der Waals surface area (Å²) in [5.41, 5.74) is 1.13. The number of nitrogens with one attached hydrogen (secondary N) is 1. The fourth-order valence-corrected chi connectivity index (χ4v) is 2.58. The van der Waals surface area contributed by atoms with Crippen molar-refractivity contribution in [2.24, 2.45) is 0 Å². The second kappa shape index (κ2) is 7.87. The third-order valence-corrected chi connectivity index (χ3v) is 3.83. The molecule has 1 fully saturated rings. The Kier molecular flexibility index (Phi) is 5.37. The van der Waals surface area contributed by atoms with Gasteiger partial charge in [0.05, 0.1) is 6.10 Å². The van der Waals surface area contributed by atoms with Crippen molar-refractivity contribution in [1.29, 1.82) is 0 Å². The highest BCUT2D eigenvalue weighted by Crippen LogP contribution is 2.11. The summed E-state index contributed by atoms with van der Waals surface area (Å²) in [5.74, 6) is 1.14. The molecule has 1 saturated heterocycles. The van der Waals surface area contributed by atoms with E-state index in [0.717, 1.165) is 25.0 Å². The molecule has 0 radical (unpaired) electrons. The van der Waals surface area contributed by atoms with E-state index < -0.39 is 0 Å². The van der Waals surface area contributed by atoms with E-state index in [2.05, 4.69) is 15.5 Å². The van der Waals surface area contributed by atoms with Crippen LogP contribution in [0.5, 0.6) is 0 Å². The molecule has 0 saturated carbocycles. The van der Waals surface area contributed by atoms with Gasteiger partial charge in [-0.1, -0.05) is 35.5 Å². The predicted molar refractivity (Wildman–Crippen MR) is 83.9 cm³/mol. The van der Waals surface area contributed by atoms with Gasteiger partial charge in [0.2, 0.25) is 11.8 Å². The quantitative estimate of drug-likeness (QED) is 0.844. The van der Waals surface area contributed by atoms with Crippen LogP contribution >= 0.6 is 0 Å². The first kappa shape index (κ1) is 15.7. The van der Waals surface area contributed by atoms with Crippen LogP contribution in [0.2, 0.25) is 0 Å². The Morgan fingerprint density at radius 1 is 1.30 bits per heavy atom. The second-order valence-corrected chi connectivity index (χ2v) is 5.71. The van der Waals surface area contributed by atoms with Crippen LogP contribution in [-0.2, 0) is 22.4 Å². The second-order valence-electron chi connectivity index (χ2n) is 5.71. The molecule has 6 heteroatoms. The third kappa shape index (κ3) is 4.89. The van der Waals surface area contributed by atoms with E-state index in [4.69, 9.17) is 9.26 Å². The van der Waals surface area contributed by atoms with Gasteiger partial charge in [0.15, 0.2) is 5.82 Å². The number of hydrogen-bond acceptors (Lipinski definition) is 5. The van der Waals surface area contributed by atoms with Crippen molar-refractivity contribution in [2.75, 3.05) is 13.2 Å². The number of hydrogen-bond donors (Lipinski definition) is 1. The lowest BCUT2D eigenvalue weighted by Gasteiger charge is -2.09. The van der Waals surface area contributed by atoms with Crippen molar-refractivity contribution >= 4 is 5.91 Å². The molecule has 0 unspecified atom stereocenters. The summed E-state index contributed by atoms with van der Waals surface area (Å²) in [4.78, 5) is 16.1. The Bertz CT molecular complexity index is 621. The largest absolute Gasteiger partial charge is 0.376 e. The fourth-order valence-electron chi connectivity index (χ4n) is 2.58. The SMILES string of the molecule is O=C(CCc1nc(Cc2ccccc2)no1)NC[C@H]1CCCO1. The third-order valence-electron chi connectivity index (χ3n) is 3.83. The van der Waals surface area contributed by atoms with Crippen LogP contribution in [-0.4, -0.2) is 35.3 Å². The molecule has 1 aliphatic heterocycles. The van der Waals surface area contributed by atoms with Crippen LogP contribution in [0.15, 0.2) is 34.9 Å². The number of rotatable bonds is 7. The molecule has 6 nitrogen and oxygen atoms in total. The molecule has 2 heterocycles. The Labute approximate surface area is 135 Å². The molecule has 0 aliphatic carbocycles. The summed E-state index contributed by atoms with van der Waals surface area (Å²) in [6, 6.07) is 9.98. The molecular formula is C17H21N3O3. The van der Waals surface area contributed by atoms with Gasteiger partial charge in [-0.15, -0.1) is 0 Å². The average Bonchev–Trinajstić information content (AvgIpc) is 3.24. The minimum absolute atomic E-state index is 0.0108. The zero-order chi connectivity index (χ0) is 15.9. The van der Waals surface area contributed by atoms with Crippen molar-refractivity contribution in [3.8, 4) is 0 Å². The van der Waals surface area contributed by atoms with Gasteiger partial charge in [0.1, 0.15) is 0 Å². The van der Waals surface area contributed by atoms with E-state index in [1.165, 1.54) is 0 Å². The Morgan fingerprint density at radius 3 is 2.96 bits per heavy atom. The van der Waals surface area contributed by atoms with E-state index >= 15 is 0 Å². The molecule has 3 rings (SSSR count). The van der Waals surface area contributed by atoms with Crippen LogP contribution in [0, 0.1) is 0 Å². The van der Waals surface area contributed by atoms with E-state index in [0.29, 0.717) is 37.5 Å². The summed E-state index contributed by atoms with van der Waals surface area (Å²) < 4.78 is 10.7. The van der Waals surface area contributed by atoms with Crippen LogP contribution < -0.4 is 5.32 Å². The van der Waals surface area contributed by atoms with E-state index in [-0.39, 0.29) is 12.0 Å². The number of ether oxygens (including phenoxy) is 1. The first-order chi connectivity index (χ1) is 11.3. The van der Waals surface area contributed by atoms with Crippen molar-refractivity contribution in [2.45, 2.75) is 38.2 Å². The lowest BCUT2D eigenvalue weighted by atomic mass is 10.1. The van der Waals surface area contributed by atoms with Gasteiger partial charge in [0, 0.05) is 32.4 Å². The van der Waals surface area contributed by atoms with Crippen LogP contribution in [0.25, 0.3) is 0 Å². The molecule has 1 N–H and O–H groups in total. The maximum absolute atomic E-state index is 11.8. The number of aryl methyl sites for hydroxylation is 1. The fraction of sp³-hybridized carbons (Fsp3) is 0.471. The maximum atomic E-state index is 11.8. The highest BCUT2D eigenvalue weighted by atomic mass is 16.5. The van der Waals surface area contributed by atoms with E-state index in [1.807, 2.05) is 30.3 Å². The summed E-state index contributed by atoms with van der Waals surface area (Å²) in [6.45, 7) is 1.38. The van der Waals surface area contributed by atoms with Gasteiger partial charge in [-0.05, 0) is 18.4 Å². The summed E-state index contributed by atoms with van der Waals surface area (Å²) in [5, 5.41) is 6.85. The predicted octanol–water partition coefficient (Wildman–Crippen LogP) is 1.89. The van der Waals surface area contributed by atoms with Crippen LogP contribution in [0.1, 0.15) is 36.5 Å². The lowest BCUT2D eigenvalue weighted by Crippen LogP contribution is -2.31. The number of aromatic nitrogens is 2. The van der Waals surface area contributed by atoms with Gasteiger partial charge in [-0.3, -0.25) is 4.79 Å². The van der Waals surface area contributed by atoms with Gasteiger partial charge in [-0.2, -0.15) is 4.98 Å². The summed E-state index contributed by atoms with van der Waals surface area (Å²) in [6.07, 6.45) is 3.70. The maximum Gasteiger partial charge on any atom is 0.227 e. The molecule has 1 aliphatic rings. The van der Waals surface area contributed by atoms with Gasteiger partial charge >= 0.3 is 0 Å². The molecule has 1 amide bonds. The Balaban J connectivity index is 1.41. The molecule has 1 atom stereocenters. The number of amides is 1. The Morgan fingerprint density at radius 2 is 2.17 bits per heavy atom. The van der Waals surface area contributed by atoms with Crippen LogP contribution in [0.4, 0.5) is 0 Å². The number of carbonyl (C=O) groups excluding carboxylic acids is 1. The monoisotopic (exact) mass is 315 g/mol. The lowest BCUT2D eigenvalue weighted by molar-refractivity contribution is -0.121. The molecule has 0 bridgehead atoms. The zero-order valence-corrected chi connectivity index (χ0v) is 13.0. The smallest absolute Gasteiger partial charge is 0.227 e. The highest BCUT2D eigenvalue weighted by molar-refractivity contribution is 5.76. The normalized spacial score (nSPS) is 17.3. The molecular weight excluding hydrogens is 294 g/mol. The number of nitrogens with zero attached hydrogens (tertiary/aromatic N) is 2. The molecule has 2 aromatic rings. The Hall–Kier alpha value is -2.21. The number of benzene rings is 1. The molecule has 0 spiro atoms. The highest BCUT2D eigenvalue weighted by Gasteiger charge is 2.16. The van der Waals surface area contributed by atoms with Gasteiger partial charge in [-0.25, -0.2) is 0 Å². The topological polar surface area (TPSA) is 77.2 Å². The minimum atomic E-state index is -0.0108. The van der Waals surface area contributed by atoms with Gasteiger partial charge in [0.25, 0.3) is 0 Å². The molecule has 1 aromatic heterocycles. The molecule has 23 heavy (non-hydrogen) atoms. The van der Waals surface area contributed by atoms with Crippen molar-refractivity contribution in [3.63, 3.8) is 0 Å². The minimum Gasteiger partial charge on any atom is -0.376 e. The average molecular weight is 315 g/mol. The first-order valence-electron chi connectivity index (χ1n) is 8.03. The van der Waals surface area contributed by atoms with Crippen molar-refractivity contribution < 1.29 is 14.1 Å². The standard InChI is InChI=1S/C17H21N3O3/c21-16(18-12-14-7-4-10-22-14)8-9-17-19-15(20-23-17)11-13-5-2-1-3-6-13/h1-3,5-6,14H,4,7-12H2,(H,18,21)/t14-/m1/s1. The van der Waals surface area contributed by atoms with Gasteiger partial charge < -0.3 is 14.6 Å². The van der Waals surface area contributed by atoms with E-state index in [1.54, 1.807) is 0 Å². The summed E-state index contributed by atoms with van der Waals surface area (Å²) >= 11 is 0. The first-order valence-corrected chi connectivity index (χ1v) is 8.03. The molecule has 1 aromatic carbocycles. The molecule has 122 valence electrons. The summed E-state index contributed by atoms with van der Waals surface area (Å²) in [7, 11) is 0. The van der Waals surface area contributed by atoms with Crippen molar-refractivity contribution in [3.05, 3.63) is 47.6 Å².